The summed E-state index contributed by atoms with van der Waals surface area (Å²) in [6, 6.07) is 17.7. The SMILES string of the molecule is CC(C)(C)Cc1c2c(cc3ccccc13)-c1nccc3c[c]([Ge]([CH3])([CH3])[CH3])cc(c13)O2. The van der Waals surface area contributed by atoms with Crippen molar-refractivity contribution in [3.05, 3.63) is 60.3 Å². The van der Waals surface area contributed by atoms with Gasteiger partial charge in [-0.2, -0.15) is 0 Å². The molecule has 0 unspecified atom stereocenters. The third-order valence-electron chi connectivity index (χ3n) is 5.97. The first-order valence-electron chi connectivity index (χ1n) is 10.8. The zero-order chi connectivity index (χ0) is 21.3. The number of fused-ring (bicyclic) bond motifs is 3. The molecule has 1 aromatic heterocycles. The molecule has 3 aromatic carbocycles. The third-order valence-corrected chi connectivity index (χ3v) is 10.2. The third kappa shape index (κ3) is 3.22. The Labute approximate surface area is 181 Å². The first-order valence-corrected chi connectivity index (χ1v) is 18.1. The van der Waals surface area contributed by atoms with Gasteiger partial charge in [0.25, 0.3) is 0 Å². The van der Waals surface area contributed by atoms with Crippen molar-refractivity contribution in [1.82, 2.24) is 4.98 Å². The molecule has 0 saturated carbocycles. The molecule has 0 N–H and O–H groups in total. The van der Waals surface area contributed by atoms with Crippen LogP contribution in [-0.2, 0) is 6.42 Å². The van der Waals surface area contributed by atoms with Crippen LogP contribution in [0.2, 0.25) is 17.3 Å². The second kappa shape index (κ2) is 6.58. The van der Waals surface area contributed by atoms with E-state index in [-0.39, 0.29) is 5.41 Å². The first-order chi connectivity index (χ1) is 14.1. The fourth-order valence-corrected chi connectivity index (χ4v) is 6.93. The van der Waals surface area contributed by atoms with Crippen LogP contribution < -0.4 is 9.13 Å². The Morgan fingerprint density at radius 3 is 2.43 bits per heavy atom. The van der Waals surface area contributed by atoms with E-state index in [4.69, 9.17) is 9.72 Å². The van der Waals surface area contributed by atoms with Crippen molar-refractivity contribution in [1.29, 1.82) is 0 Å². The average molecular weight is 456 g/mol. The second-order valence-electron chi connectivity index (χ2n) is 10.8. The number of rotatable bonds is 2. The summed E-state index contributed by atoms with van der Waals surface area (Å²) in [5.41, 5.74) is 3.63. The first kappa shape index (κ1) is 19.6. The fourth-order valence-electron chi connectivity index (χ4n) is 4.51. The molecule has 0 fully saturated rings. The molecule has 152 valence electrons. The fraction of sp³-hybridized carbons (Fsp3) is 0.296. The summed E-state index contributed by atoms with van der Waals surface area (Å²) in [6.07, 6.45) is 2.91. The normalized spacial score (nSPS) is 13.4. The number of hydrogen-bond donors (Lipinski definition) is 0. The molecule has 0 amide bonds. The Morgan fingerprint density at radius 2 is 1.70 bits per heavy atom. The van der Waals surface area contributed by atoms with Gasteiger partial charge in [-0.1, -0.05) is 0 Å². The number of aromatic nitrogens is 1. The topological polar surface area (TPSA) is 22.1 Å². The molecule has 0 saturated heterocycles. The maximum absolute atomic E-state index is 6.76. The van der Waals surface area contributed by atoms with Crippen molar-refractivity contribution < 1.29 is 4.74 Å². The Hall–Kier alpha value is -2.33. The van der Waals surface area contributed by atoms with Crippen LogP contribution in [0.4, 0.5) is 0 Å². The van der Waals surface area contributed by atoms with E-state index in [0.29, 0.717) is 0 Å². The molecule has 3 heteroatoms. The van der Waals surface area contributed by atoms with E-state index in [1.54, 1.807) is 0 Å². The number of benzene rings is 3. The van der Waals surface area contributed by atoms with Crippen LogP contribution in [0.1, 0.15) is 26.3 Å². The van der Waals surface area contributed by atoms with Gasteiger partial charge >= 0.3 is 182 Å². The predicted octanol–water partition coefficient (Wildman–Crippen LogP) is 7.29. The standard InChI is InChI=1S/C27H29GeNO/c1-27(2,3)16-22-20-10-8-7-9-17(20)14-21-25-24-18(11-12-29-25)13-19(28(4,5)6)15-23(24)30-26(21)22/h7-15H,16H2,1-6H3. The summed E-state index contributed by atoms with van der Waals surface area (Å²) in [4.78, 5) is 4.85. The second-order valence-corrected chi connectivity index (χ2v) is 21.4. The van der Waals surface area contributed by atoms with Gasteiger partial charge in [0.15, 0.2) is 0 Å². The van der Waals surface area contributed by atoms with Crippen molar-refractivity contribution >= 4 is 39.2 Å². The minimum atomic E-state index is -2.01. The van der Waals surface area contributed by atoms with Gasteiger partial charge in [-0.05, 0) is 0 Å². The van der Waals surface area contributed by atoms with Crippen LogP contribution in [0.5, 0.6) is 11.5 Å². The molecule has 0 radical (unpaired) electrons. The van der Waals surface area contributed by atoms with E-state index < -0.39 is 13.3 Å². The maximum atomic E-state index is 6.76. The Bertz CT molecular complexity index is 1310. The van der Waals surface area contributed by atoms with E-state index in [2.05, 4.69) is 86.6 Å². The van der Waals surface area contributed by atoms with Gasteiger partial charge in [-0.3, -0.25) is 0 Å². The molecule has 1 aliphatic heterocycles. The van der Waals surface area contributed by atoms with E-state index >= 15 is 0 Å². The van der Waals surface area contributed by atoms with Crippen LogP contribution in [0.25, 0.3) is 32.8 Å². The van der Waals surface area contributed by atoms with Crippen molar-refractivity contribution in [2.24, 2.45) is 5.41 Å². The minimum absolute atomic E-state index is 0.156. The summed E-state index contributed by atoms with van der Waals surface area (Å²) in [6.45, 7) is 6.88. The molecular weight excluding hydrogens is 427 g/mol. The van der Waals surface area contributed by atoms with Crippen LogP contribution in [0.3, 0.4) is 0 Å². The number of hydrogen-bond acceptors (Lipinski definition) is 2. The summed E-state index contributed by atoms with van der Waals surface area (Å²) >= 11 is -2.01. The van der Waals surface area contributed by atoms with Crippen molar-refractivity contribution in [2.75, 3.05) is 0 Å². The molecule has 0 aliphatic carbocycles. The zero-order valence-corrected chi connectivity index (χ0v) is 20.9. The van der Waals surface area contributed by atoms with E-state index in [0.717, 1.165) is 34.6 Å². The monoisotopic (exact) mass is 457 g/mol. The molecule has 2 nitrogen and oxygen atoms in total. The number of nitrogens with zero attached hydrogens (tertiary/aromatic N) is 1. The Morgan fingerprint density at radius 1 is 0.933 bits per heavy atom. The molecule has 4 aromatic rings. The molecule has 0 spiro atoms. The Balaban J connectivity index is 1.87. The van der Waals surface area contributed by atoms with E-state index in [9.17, 15) is 0 Å². The average Bonchev–Trinajstić information content (AvgIpc) is 2.67. The Kier molecular flexibility index (Phi) is 4.31. The quantitative estimate of drug-likeness (QED) is 0.260. The molecule has 5 rings (SSSR count). The molecule has 1 aliphatic rings. The van der Waals surface area contributed by atoms with Gasteiger partial charge in [0, 0.05) is 0 Å². The van der Waals surface area contributed by atoms with Gasteiger partial charge in [-0.25, -0.2) is 0 Å². The molecule has 0 bridgehead atoms. The van der Waals surface area contributed by atoms with Gasteiger partial charge in [0.2, 0.25) is 0 Å². The van der Waals surface area contributed by atoms with Gasteiger partial charge in [0.05, 0.1) is 0 Å². The predicted molar refractivity (Wildman–Crippen MR) is 131 cm³/mol. The van der Waals surface area contributed by atoms with Gasteiger partial charge < -0.3 is 0 Å². The van der Waals surface area contributed by atoms with Crippen LogP contribution >= 0.6 is 0 Å². The molecule has 2 heterocycles. The number of pyridine rings is 1. The van der Waals surface area contributed by atoms with Crippen LogP contribution in [0.15, 0.2) is 54.7 Å². The molecule has 30 heavy (non-hydrogen) atoms. The van der Waals surface area contributed by atoms with Crippen molar-refractivity contribution in [3.63, 3.8) is 0 Å². The van der Waals surface area contributed by atoms with Crippen molar-refractivity contribution in [3.8, 4) is 22.8 Å². The van der Waals surface area contributed by atoms with Crippen molar-refractivity contribution in [2.45, 2.75) is 44.5 Å². The van der Waals surface area contributed by atoms with Gasteiger partial charge in [-0.15, -0.1) is 0 Å². The van der Waals surface area contributed by atoms with E-state index in [1.165, 1.54) is 26.1 Å². The van der Waals surface area contributed by atoms with Crippen LogP contribution in [0, 0.1) is 5.41 Å². The van der Waals surface area contributed by atoms with E-state index in [1.807, 2.05) is 6.20 Å². The van der Waals surface area contributed by atoms with Crippen LogP contribution in [-0.4, -0.2) is 18.3 Å². The molecular formula is C27H29GeNO. The summed E-state index contributed by atoms with van der Waals surface area (Å²) in [5.74, 6) is 9.28. The summed E-state index contributed by atoms with van der Waals surface area (Å²) in [5, 5.41) is 4.93. The zero-order valence-electron chi connectivity index (χ0n) is 18.8. The van der Waals surface area contributed by atoms with Gasteiger partial charge in [0.1, 0.15) is 0 Å². The molecule has 0 atom stereocenters. The summed E-state index contributed by atoms with van der Waals surface area (Å²) < 4.78 is 8.23. The summed E-state index contributed by atoms with van der Waals surface area (Å²) in [7, 11) is 0. The number of ether oxygens (including phenoxy) is 1.